The van der Waals surface area contributed by atoms with Crippen molar-refractivity contribution >= 4 is 16.8 Å². The number of benzene rings is 1. The number of nitrogens with zero attached hydrogens (tertiary/aromatic N) is 4. The summed E-state index contributed by atoms with van der Waals surface area (Å²) >= 11 is 0. The molecule has 0 spiro atoms. The lowest BCUT2D eigenvalue weighted by atomic mass is 10.2. The van der Waals surface area contributed by atoms with Gasteiger partial charge in [-0.3, -0.25) is 14.8 Å². The number of hydrogen-bond donors (Lipinski definition) is 2. The number of rotatable bonds is 5. The third kappa shape index (κ3) is 3.75. The lowest BCUT2D eigenvalue weighted by Crippen LogP contribution is -2.49. The van der Waals surface area contributed by atoms with Gasteiger partial charge in [-0.25, -0.2) is 0 Å². The average molecular weight is 331 g/mol. The highest BCUT2D eigenvalue weighted by Crippen LogP contribution is 2.16. The fourth-order valence-corrected chi connectivity index (χ4v) is 3.09. The highest BCUT2D eigenvalue weighted by atomic mass is 16.3. The Bertz CT molecular complexity index is 693. The summed E-state index contributed by atoms with van der Waals surface area (Å²) in [5.41, 5.74) is 1.24. The molecule has 1 atom stereocenters. The number of para-hydroxylation sites is 1. The van der Waals surface area contributed by atoms with Crippen LogP contribution >= 0.6 is 0 Å². The molecule has 1 fully saturated rings. The largest absolute Gasteiger partial charge is 0.390 e. The molecule has 1 aliphatic heterocycles. The van der Waals surface area contributed by atoms with E-state index in [0.717, 1.165) is 37.1 Å². The van der Waals surface area contributed by atoms with Gasteiger partial charge in [0, 0.05) is 51.7 Å². The lowest BCUT2D eigenvalue weighted by molar-refractivity contribution is 0.0499. The van der Waals surface area contributed by atoms with Gasteiger partial charge >= 0.3 is 0 Å². The summed E-state index contributed by atoms with van der Waals surface area (Å²) in [6.07, 6.45) is -0.562. The van der Waals surface area contributed by atoms with Crippen LogP contribution in [0.3, 0.4) is 0 Å². The molecule has 0 saturated carbocycles. The lowest BCUT2D eigenvalue weighted by Gasteiger charge is -2.34. The summed E-state index contributed by atoms with van der Waals surface area (Å²) in [4.78, 5) is 18.7. The van der Waals surface area contributed by atoms with Gasteiger partial charge in [0.1, 0.15) is 0 Å². The molecular weight excluding hydrogens is 306 g/mol. The minimum Gasteiger partial charge on any atom is -0.390 e. The molecule has 7 heteroatoms. The zero-order chi connectivity index (χ0) is 17.1. The molecule has 1 aliphatic rings. The maximum Gasteiger partial charge on any atom is 0.274 e. The van der Waals surface area contributed by atoms with Crippen molar-refractivity contribution in [3.05, 3.63) is 30.0 Å². The van der Waals surface area contributed by atoms with Gasteiger partial charge in [-0.1, -0.05) is 18.2 Å². The standard InChI is InChI=1S/C17H25N5O2/c1-20-7-9-22(10-8-20)12-13(23)11-21(2)17(24)16-14-5-3-4-6-15(14)18-19-16/h3-6,13,23H,7-12H2,1-2H3,(H,18,19). The van der Waals surface area contributed by atoms with Gasteiger partial charge in [0.25, 0.3) is 5.91 Å². The fourth-order valence-electron chi connectivity index (χ4n) is 3.09. The molecule has 24 heavy (non-hydrogen) atoms. The van der Waals surface area contributed by atoms with Gasteiger partial charge < -0.3 is 14.9 Å². The average Bonchev–Trinajstić information content (AvgIpc) is 3.00. The first-order valence-corrected chi connectivity index (χ1v) is 8.32. The van der Waals surface area contributed by atoms with E-state index < -0.39 is 6.10 Å². The smallest absolute Gasteiger partial charge is 0.274 e. The maximum atomic E-state index is 12.6. The van der Waals surface area contributed by atoms with Crippen molar-refractivity contribution in [1.29, 1.82) is 0 Å². The van der Waals surface area contributed by atoms with Gasteiger partial charge in [-0.15, -0.1) is 0 Å². The summed E-state index contributed by atoms with van der Waals surface area (Å²) in [6, 6.07) is 7.55. The third-order valence-electron chi connectivity index (χ3n) is 4.57. The number of likely N-dealkylation sites (N-methyl/N-ethyl adjacent to an activating group) is 2. The number of carbonyl (C=O) groups excluding carboxylic acids is 1. The highest BCUT2D eigenvalue weighted by Gasteiger charge is 2.22. The predicted octanol–water partition coefficient (Wildman–Crippen LogP) is 0.243. The number of amides is 1. The SMILES string of the molecule is CN1CCN(CC(O)CN(C)C(=O)c2n[nH]c3ccccc23)CC1. The second-order valence-electron chi connectivity index (χ2n) is 6.56. The van der Waals surface area contributed by atoms with Crippen molar-refractivity contribution in [3.8, 4) is 0 Å². The Labute approximate surface area is 141 Å². The molecule has 130 valence electrons. The van der Waals surface area contributed by atoms with Crippen LogP contribution in [0.25, 0.3) is 10.9 Å². The van der Waals surface area contributed by atoms with Crippen LogP contribution in [0.2, 0.25) is 0 Å². The Balaban J connectivity index is 1.57. The van der Waals surface area contributed by atoms with Crippen LogP contribution in [0, 0.1) is 0 Å². The number of aromatic amines is 1. The number of nitrogens with one attached hydrogen (secondary N) is 1. The molecule has 1 aromatic carbocycles. The number of H-pyrrole nitrogens is 1. The zero-order valence-electron chi connectivity index (χ0n) is 14.3. The van der Waals surface area contributed by atoms with Crippen molar-refractivity contribution in [1.82, 2.24) is 24.9 Å². The monoisotopic (exact) mass is 331 g/mol. The van der Waals surface area contributed by atoms with Crippen LogP contribution in [0.4, 0.5) is 0 Å². The molecule has 1 unspecified atom stereocenters. The van der Waals surface area contributed by atoms with Crippen LogP contribution in [-0.2, 0) is 0 Å². The first kappa shape index (κ1) is 16.9. The number of aromatic nitrogens is 2. The van der Waals surface area contributed by atoms with Crippen LogP contribution in [-0.4, -0.2) is 95.4 Å². The Kier molecular flexibility index (Phi) is 5.13. The van der Waals surface area contributed by atoms with Crippen LogP contribution < -0.4 is 0 Å². The molecular formula is C17H25N5O2. The predicted molar refractivity (Wildman–Crippen MR) is 93.0 cm³/mol. The highest BCUT2D eigenvalue weighted by molar-refractivity contribution is 6.04. The van der Waals surface area contributed by atoms with Gasteiger partial charge in [-0.2, -0.15) is 5.10 Å². The van der Waals surface area contributed by atoms with E-state index in [2.05, 4.69) is 27.0 Å². The maximum absolute atomic E-state index is 12.6. The van der Waals surface area contributed by atoms with E-state index in [9.17, 15) is 9.90 Å². The minimum absolute atomic E-state index is 0.176. The summed E-state index contributed by atoms with van der Waals surface area (Å²) in [5, 5.41) is 18.1. The molecule has 1 amide bonds. The second-order valence-corrected chi connectivity index (χ2v) is 6.56. The van der Waals surface area contributed by atoms with Gasteiger partial charge in [0.2, 0.25) is 0 Å². The topological polar surface area (TPSA) is 75.7 Å². The third-order valence-corrected chi connectivity index (χ3v) is 4.57. The van der Waals surface area contributed by atoms with Crippen molar-refractivity contribution in [3.63, 3.8) is 0 Å². The Morgan fingerprint density at radius 1 is 1.33 bits per heavy atom. The number of piperazine rings is 1. The van der Waals surface area contributed by atoms with E-state index in [1.165, 1.54) is 0 Å². The van der Waals surface area contributed by atoms with Crippen molar-refractivity contribution in [2.24, 2.45) is 0 Å². The van der Waals surface area contributed by atoms with Gasteiger partial charge in [-0.05, 0) is 13.1 Å². The van der Waals surface area contributed by atoms with Crippen LogP contribution in [0.15, 0.2) is 24.3 Å². The molecule has 0 aliphatic carbocycles. The van der Waals surface area contributed by atoms with E-state index in [0.29, 0.717) is 18.8 Å². The summed E-state index contributed by atoms with van der Waals surface area (Å²) < 4.78 is 0. The minimum atomic E-state index is -0.562. The van der Waals surface area contributed by atoms with E-state index in [1.54, 1.807) is 11.9 Å². The van der Waals surface area contributed by atoms with E-state index in [-0.39, 0.29) is 5.91 Å². The van der Waals surface area contributed by atoms with Crippen molar-refractivity contribution in [2.45, 2.75) is 6.10 Å². The number of fused-ring (bicyclic) bond motifs is 1. The first-order valence-electron chi connectivity index (χ1n) is 8.32. The number of aliphatic hydroxyl groups excluding tert-OH is 1. The van der Waals surface area contributed by atoms with E-state index in [4.69, 9.17) is 0 Å². The Hall–Kier alpha value is -1.96. The summed E-state index contributed by atoms with van der Waals surface area (Å²) in [6.45, 7) is 4.82. The Morgan fingerprint density at radius 3 is 2.79 bits per heavy atom. The number of carbonyl (C=O) groups is 1. The molecule has 1 aromatic heterocycles. The second kappa shape index (κ2) is 7.29. The number of β-amino-alcohol motifs (C(OH)–C–C–N with tert-alkyl or cyclic N) is 1. The normalized spacial score (nSPS) is 18.0. The van der Waals surface area contributed by atoms with Crippen molar-refractivity contribution < 1.29 is 9.90 Å². The first-order chi connectivity index (χ1) is 11.5. The van der Waals surface area contributed by atoms with E-state index in [1.807, 2.05) is 24.3 Å². The molecule has 0 radical (unpaired) electrons. The van der Waals surface area contributed by atoms with Crippen LogP contribution in [0.5, 0.6) is 0 Å². The zero-order valence-corrected chi connectivity index (χ0v) is 14.3. The van der Waals surface area contributed by atoms with Crippen LogP contribution in [0.1, 0.15) is 10.5 Å². The molecule has 2 heterocycles. The Morgan fingerprint density at radius 2 is 2.04 bits per heavy atom. The molecule has 3 rings (SSSR count). The number of hydrogen-bond acceptors (Lipinski definition) is 5. The fraction of sp³-hybridized carbons (Fsp3) is 0.529. The van der Waals surface area contributed by atoms with Gasteiger partial charge in [0.15, 0.2) is 5.69 Å². The molecule has 7 nitrogen and oxygen atoms in total. The molecule has 0 bridgehead atoms. The molecule has 2 aromatic rings. The van der Waals surface area contributed by atoms with E-state index >= 15 is 0 Å². The summed E-state index contributed by atoms with van der Waals surface area (Å²) in [5.74, 6) is -0.176. The van der Waals surface area contributed by atoms with Gasteiger partial charge in [0.05, 0.1) is 11.6 Å². The molecule has 1 saturated heterocycles. The quantitative estimate of drug-likeness (QED) is 0.821. The summed E-state index contributed by atoms with van der Waals surface area (Å²) in [7, 11) is 3.81. The van der Waals surface area contributed by atoms with Crippen molar-refractivity contribution in [2.75, 3.05) is 53.4 Å². The molecule has 2 N–H and O–H groups in total. The number of aliphatic hydroxyl groups is 1.